The van der Waals surface area contributed by atoms with E-state index in [2.05, 4.69) is 10.3 Å². The summed E-state index contributed by atoms with van der Waals surface area (Å²) in [6.45, 7) is 0.294. The molecule has 12 heavy (non-hydrogen) atoms. The highest BCUT2D eigenvalue weighted by atomic mass is 19.1. The predicted octanol–water partition coefficient (Wildman–Crippen LogP) is 1.44. The van der Waals surface area contributed by atoms with Gasteiger partial charge in [0.05, 0.1) is 24.2 Å². The van der Waals surface area contributed by atoms with Crippen LogP contribution < -0.4 is 11.1 Å². The molecule has 0 atom stereocenters. The molecule has 1 heterocycles. The topological polar surface area (TPSA) is 50.9 Å². The number of nitrogen functional groups attached to an aromatic ring is 1. The Balaban J connectivity index is 2.46. The zero-order valence-electron chi connectivity index (χ0n) is 6.76. The van der Waals surface area contributed by atoms with Crippen LogP contribution in [0.4, 0.5) is 15.8 Å². The van der Waals surface area contributed by atoms with Crippen LogP contribution >= 0.6 is 0 Å². The van der Waals surface area contributed by atoms with Crippen molar-refractivity contribution in [1.29, 1.82) is 0 Å². The molecule has 1 aromatic heterocycles. The number of alkyl halides is 1. The lowest BCUT2D eigenvalue weighted by Crippen LogP contribution is -2.04. The third-order valence-corrected chi connectivity index (χ3v) is 1.48. The van der Waals surface area contributed by atoms with E-state index in [1.54, 1.807) is 18.5 Å². The molecule has 1 rings (SSSR count). The summed E-state index contributed by atoms with van der Waals surface area (Å²) in [5, 5.41) is 3.01. The second-order valence-corrected chi connectivity index (χ2v) is 2.43. The molecule has 1 aromatic rings. The quantitative estimate of drug-likeness (QED) is 0.670. The van der Waals surface area contributed by atoms with E-state index < -0.39 is 0 Å². The molecule has 4 heteroatoms. The van der Waals surface area contributed by atoms with E-state index in [1.165, 1.54) is 0 Å². The van der Waals surface area contributed by atoms with Crippen LogP contribution in [-0.4, -0.2) is 18.2 Å². The second-order valence-electron chi connectivity index (χ2n) is 2.43. The molecule has 3 nitrogen and oxygen atoms in total. The Hall–Kier alpha value is -1.32. The Morgan fingerprint density at radius 3 is 3.08 bits per heavy atom. The highest BCUT2D eigenvalue weighted by molar-refractivity contribution is 5.63. The van der Waals surface area contributed by atoms with Crippen molar-refractivity contribution < 1.29 is 4.39 Å². The number of pyridine rings is 1. The molecular weight excluding hydrogens is 157 g/mol. The molecule has 0 aliphatic carbocycles. The summed E-state index contributed by atoms with van der Waals surface area (Å²) in [5.74, 6) is 0. The van der Waals surface area contributed by atoms with Gasteiger partial charge in [-0.25, -0.2) is 0 Å². The van der Waals surface area contributed by atoms with Gasteiger partial charge in [0.15, 0.2) is 0 Å². The van der Waals surface area contributed by atoms with Crippen LogP contribution in [0.15, 0.2) is 18.5 Å². The summed E-state index contributed by atoms with van der Waals surface area (Å²) >= 11 is 0. The summed E-state index contributed by atoms with van der Waals surface area (Å²) in [5.41, 5.74) is 7.00. The number of rotatable bonds is 4. The van der Waals surface area contributed by atoms with E-state index in [0.717, 1.165) is 5.69 Å². The number of hydrogen-bond donors (Lipinski definition) is 2. The van der Waals surface area contributed by atoms with Crippen molar-refractivity contribution in [2.24, 2.45) is 0 Å². The van der Waals surface area contributed by atoms with Crippen LogP contribution in [0.1, 0.15) is 6.42 Å². The van der Waals surface area contributed by atoms with Gasteiger partial charge in [0, 0.05) is 12.7 Å². The van der Waals surface area contributed by atoms with Gasteiger partial charge in [-0.3, -0.25) is 9.37 Å². The molecule has 0 saturated carbocycles. The van der Waals surface area contributed by atoms with E-state index in [0.29, 0.717) is 18.7 Å². The van der Waals surface area contributed by atoms with Crippen molar-refractivity contribution in [2.75, 3.05) is 24.3 Å². The van der Waals surface area contributed by atoms with Gasteiger partial charge in [0.2, 0.25) is 0 Å². The van der Waals surface area contributed by atoms with Crippen molar-refractivity contribution in [3.8, 4) is 0 Å². The summed E-state index contributed by atoms with van der Waals surface area (Å²) in [6, 6.07) is 1.77. The molecular formula is C8H12FN3. The van der Waals surface area contributed by atoms with Gasteiger partial charge in [0.25, 0.3) is 0 Å². The Bertz CT molecular complexity index is 239. The summed E-state index contributed by atoms with van der Waals surface area (Å²) in [6.07, 6.45) is 3.72. The largest absolute Gasteiger partial charge is 0.396 e. The van der Waals surface area contributed by atoms with Crippen LogP contribution in [0.2, 0.25) is 0 Å². The highest BCUT2D eigenvalue weighted by Gasteiger charge is 1.95. The normalized spacial score (nSPS) is 9.75. The Morgan fingerprint density at radius 2 is 2.42 bits per heavy atom. The van der Waals surface area contributed by atoms with Gasteiger partial charge < -0.3 is 11.1 Å². The average Bonchev–Trinajstić information content (AvgIpc) is 2.09. The molecule has 66 valence electrons. The maximum Gasteiger partial charge on any atom is 0.0911 e. The van der Waals surface area contributed by atoms with Crippen LogP contribution in [0.3, 0.4) is 0 Å². The molecule has 0 saturated heterocycles. The number of nitrogens with zero attached hydrogens (tertiary/aromatic N) is 1. The Kier molecular flexibility index (Phi) is 3.32. The van der Waals surface area contributed by atoms with Crippen molar-refractivity contribution in [1.82, 2.24) is 4.98 Å². The van der Waals surface area contributed by atoms with Crippen molar-refractivity contribution in [3.05, 3.63) is 18.5 Å². The van der Waals surface area contributed by atoms with E-state index in [4.69, 9.17) is 5.73 Å². The molecule has 0 bridgehead atoms. The molecule has 0 amide bonds. The van der Waals surface area contributed by atoms with Crippen LogP contribution in [0.25, 0.3) is 0 Å². The van der Waals surface area contributed by atoms with Crippen molar-refractivity contribution in [2.45, 2.75) is 6.42 Å². The third-order valence-electron chi connectivity index (χ3n) is 1.48. The maximum absolute atomic E-state index is 11.7. The number of hydrogen-bond acceptors (Lipinski definition) is 3. The lowest BCUT2D eigenvalue weighted by atomic mass is 10.3. The molecule has 3 N–H and O–H groups in total. The number of anilines is 2. The fraction of sp³-hybridized carbons (Fsp3) is 0.375. The van der Waals surface area contributed by atoms with Gasteiger partial charge >= 0.3 is 0 Å². The monoisotopic (exact) mass is 169 g/mol. The second kappa shape index (κ2) is 4.54. The van der Waals surface area contributed by atoms with Crippen molar-refractivity contribution in [3.63, 3.8) is 0 Å². The minimum absolute atomic E-state index is 0.308. The highest BCUT2D eigenvalue weighted by Crippen LogP contribution is 2.14. The van der Waals surface area contributed by atoms with E-state index in [9.17, 15) is 4.39 Å². The van der Waals surface area contributed by atoms with Crippen molar-refractivity contribution >= 4 is 11.4 Å². The molecule has 0 aliphatic heterocycles. The maximum atomic E-state index is 11.7. The lowest BCUT2D eigenvalue weighted by molar-refractivity contribution is 0.481. The first-order valence-corrected chi connectivity index (χ1v) is 3.84. The minimum Gasteiger partial charge on any atom is -0.396 e. The first-order chi connectivity index (χ1) is 5.84. The van der Waals surface area contributed by atoms with Gasteiger partial charge in [-0.2, -0.15) is 0 Å². The Labute approximate surface area is 70.8 Å². The minimum atomic E-state index is -0.308. The summed E-state index contributed by atoms with van der Waals surface area (Å²) < 4.78 is 11.7. The molecule has 0 aliphatic rings. The zero-order chi connectivity index (χ0) is 8.81. The van der Waals surface area contributed by atoms with E-state index in [1.807, 2.05) is 0 Å². The standard InChI is InChI=1S/C8H12FN3/c9-3-1-4-12-8-2-5-11-6-7(8)10/h2,5-6H,1,3-4,10H2,(H,11,12). The number of aromatic nitrogens is 1. The number of nitrogens with one attached hydrogen (secondary N) is 1. The number of halogens is 1. The average molecular weight is 169 g/mol. The van der Waals surface area contributed by atoms with Crippen LogP contribution in [0.5, 0.6) is 0 Å². The molecule has 0 aromatic carbocycles. The van der Waals surface area contributed by atoms with Crippen LogP contribution in [0, 0.1) is 0 Å². The SMILES string of the molecule is Nc1cnccc1NCCCF. The van der Waals surface area contributed by atoms with Crippen LogP contribution in [-0.2, 0) is 0 Å². The predicted molar refractivity (Wildman–Crippen MR) is 47.7 cm³/mol. The fourth-order valence-corrected chi connectivity index (χ4v) is 0.858. The fourth-order valence-electron chi connectivity index (χ4n) is 0.858. The van der Waals surface area contributed by atoms with Gasteiger partial charge in [0.1, 0.15) is 0 Å². The summed E-state index contributed by atoms with van der Waals surface area (Å²) in [7, 11) is 0. The van der Waals surface area contributed by atoms with Gasteiger partial charge in [-0.15, -0.1) is 0 Å². The first-order valence-electron chi connectivity index (χ1n) is 3.84. The molecule has 0 spiro atoms. The first kappa shape index (κ1) is 8.77. The third kappa shape index (κ3) is 2.38. The van der Waals surface area contributed by atoms with Gasteiger partial charge in [-0.1, -0.05) is 0 Å². The van der Waals surface area contributed by atoms with Gasteiger partial charge in [-0.05, 0) is 12.5 Å². The number of nitrogens with two attached hydrogens (primary N) is 1. The lowest BCUT2D eigenvalue weighted by Gasteiger charge is -2.06. The smallest absolute Gasteiger partial charge is 0.0911 e. The summed E-state index contributed by atoms with van der Waals surface area (Å²) in [4.78, 5) is 3.83. The van der Waals surface area contributed by atoms with E-state index in [-0.39, 0.29) is 6.67 Å². The Morgan fingerprint density at radius 1 is 1.58 bits per heavy atom. The molecule has 0 unspecified atom stereocenters. The zero-order valence-corrected chi connectivity index (χ0v) is 6.76. The molecule has 0 fully saturated rings. The van der Waals surface area contributed by atoms with E-state index >= 15 is 0 Å². The molecule has 0 radical (unpaired) electrons.